The molecule has 8 heteroatoms. The third-order valence-corrected chi connectivity index (χ3v) is 3.71. The van der Waals surface area contributed by atoms with Crippen LogP contribution in [0.25, 0.3) is 0 Å². The second kappa shape index (κ2) is 8.18. The summed E-state index contributed by atoms with van der Waals surface area (Å²) in [4.78, 5) is 12.0. The average Bonchev–Trinajstić information content (AvgIpc) is 2.52. The monoisotopic (exact) mass is 347 g/mol. The first-order valence-electron chi connectivity index (χ1n) is 7.00. The van der Waals surface area contributed by atoms with Gasteiger partial charge < -0.3 is 10.6 Å². The van der Waals surface area contributed by atoms with Crippen LogP contribution in [0.3, 0.4) is 0 Å². The Labute approximate surface area is 138 Å². The molecule has 1 aromatic rings. The molecule has 0 aliphatic carbocycles. The summed E-state index contributed by atoms with van der Waals surface area (Å²) in [6.45, 7) is 1.29. The van der Waals surface area contributed by atoms with Crippen molar-refractivity contribution in [1.29, 1.82) is 5.26 Å². The Hall–Kier alpha value is -1.78. The largest absolute Gasteiger partial charge is 0.416 e. The Balaban J connectivity index is 0.00000264. The normalized spacial score (nSPS) is 15.4. The first kappa shape index (κ1) is 19.3. The molecule has 1 amide bonds. The van der Waals surface area contributed by atoms with E-state index >= 15 is 0 Å². The van der Waals surface area contributed by atoms with Crippen LogP contribution in [0.1, 0.15) is 29.5 Å². The zero-order chi connectivity index (χ0) is 16.2. The summed E-state index contributed by atoms with van der Waals surface area (Å²) in [6, 6.07) is 5.06. The third kappa shape index (κ3) is 5.12. The standard InChI is InChI=1S/C15H16F3N3O.ClH/c16-15(17,18)13-7-10(8-19)1-2-12(13)9-21-14(22)11-3-5-20-6-4-11;/h1-2,7,11,20H,3-6,9H2,(H,21,22);1H. The van der Waals surface area contributed by atoms with E-state index in [-0.39, 0.29) is 41.9 Å². The quantitative estimate of drug-likeness (QED) is 0.883. The number of carbonyl (C=O) groups excluding carboxylic acids is 1. The molecule has 1 heterocycles. The summed E-state index contributed by atoms with van der Waals surface area (Å²) in [6.07, 6.45) is -3.18. The van der Waals surface area contributed by atoms with E-state index in [0.29, 0.717) is 12.8 Å². The van der Waals surface area contributed by atoms with E-state index in [9.17, 15) is 18.0 Å². The van der Waals surface area contributed by atoms with Gasteiger partial charge in [0.25, 0.3) is 0 Å². The maximum absolute atomic E-state index is 13.0. The van der Waals surface area contributed by atoms with Gasteiger partial charge in [-0.1, -0.05) is 6.07 Å². The second-order valence-electron chi connectivity index (χ2n) is 5.22. The predicted molar refractivity (Wildman–Crippen MR) is 80.8 cm³/mol. The number of hydrogen-bond donors (Lipinski definition) is 2. The van der Waals surface area contributed by atoms with Crippen LogP contribution in [0.5, 0.6) is 0 Å². The molecule has 1 saturated heterocycles. The highest BCUT2D eigenvalue weighted by Crippen LogP contribution is 2.32. The van der Waals surface area contributed by atoms with Gasteiger partial charge in [-0.15, -0.1) is 12.4 Å². The summed E-state index contributed by atoms with van der Waals surface area (Å²) < 4.78 is 39.0. The van der Waals surface area contributed by atoms with E-state index in [4.69, 9.17) is 5.26 Å². The lowest BCUT2D eigenvalue weighted by atomic mass is 9.97. The fourth-order valence-electron chi connectivity index (χ4n) is 2.47. The highest BCUT2D eigenvalue weighted by Gasteiger charge is 2.33. The number of amides is 1. The molecule has 1 aromatic carbocycles. The highest BCUT2D eigenvalue weighted by atomic mass is 35.5. The SMILES string of the molecule is Cl.N#Cc1ccc(CNC(=O)C2CCNCC2)c(C(F)(F)F)c1. The second-order valence-corrected chi connectivity index (χ2v) is 5.22. The molecule has 1 aliphatic rings. The number of nitrogens with one attached hydrogen (secondary N) is 2. The molecule has 0 bridgehead atoms. The Morgan fingerprint density at radius 3 is 2.57 bits per heavy atom. The van der Waals surface area contributed by atoms with Gasteiger partial charge in [0.15, 0.2) is 0 Å². The molecule has 23 heavy (non-hydrogen) atoms. The van der Waals surface area contributed by atoms with Crippen LogP contribution in [0.2, 0.25) is 0 Å². The molecule has 0 saturated carbocycles. The molecule has 0 spiro atoms. The zero-order valence-corrected chi connectivity index (χ0v) is 13.1. The number of rotatable bonds is 3. The summed E-state index contributed by atoms with van der Waals surface area (Å²) in [5.41, 5.74) is -0.966. The van der Waals surface area contributed by atoms with Crippen molar-refractivity contribution >= 4 is 18.3 Å². The molecule has 1 aliphatic heterocycles. The number of nitrogens with zero attached hydrogens (tertiary/aromatic N) is 1. The number of alkyl halides is 3. The van der Waals surface area contributed by atoms with E-state index in [1.165, 1.54) is 12.1 Å². The first-order chi connectivity index (χ1) is 10.4. The minimum atomic E-state index is -4.55. The van der Waals surface area contributed by atoms with Gasteiger partial charge in [0.2, 0.25) is 5.91 Å². The predicted octanol–water partition coefficient (Wildman–Crippen LogP) is 2.61. The van der Waals surface area contributed by atoms with Crippen LogP contribution in [0, 0.1) is 17.2 Å². The molecule has 1 fully saturated rings. The number of halogens is 4. The van der Waals surface area contributed by atoms with Gasteiger partial charge in [-0.2, -0.15) is 18.4 Å². The minimum Gasteiger partial charge on any atom is -0.352 e. The van der Waals surface area contributed by atoms with E-state index in [1.807, 2.05) is 0 Å². The summed E-state index contributed by atoms with van der Waals surface area (Å²) in [5.74, 6) is -0.382. The summed E-state index contributed by atoms with van der Waals surface area (Å²) in [7, 11) is 0. The van der Waals surface area contributed by atoms with Crippen LogP contribution in [0.15, 0.2) is 18.2 Å². The van der Waals surface area contributed by atoms with Gasteiger partial charge in [0.05, 0.1) is 17.2 Å². The Morgan fingerprint density at radius 1 is 1.35 bits per heavy atom. The molecule has 4 nitrogen and oxygen atoms in total. The van der Waals surface area contributed by atoms with Gasteiger partial charge >= 0.3 is 6.18 Å². The lowest BCUT2D eigenvalue weighted by Crippen LogP contribution is -2.38. The Morgan fingerprint density at radius 2 is 2.00 bits per heavy atom. The zero-order valence-electron chi connectivity index (χ0n) is 12.2. The Bertz CT molecular complexity index is 593. The number of hydrogen-bond acceptors (Lipinski definition) is 3. The van der Waals surface area contributed by atoms with Crippen LogP contribution >= 0.6 is 12.4 Å². The first-order valence-corrected chi connectivity index (χ1v) is 7.00. The number of benzene rings is 1. The van der Waals surface area contributed by atoms with Crippen molar-refractivity contribution in [3.05, 3.63) is 34.9 Å². The van der Waals surface area contributed by atoms with E-state index in [0.717, 1.165) is 19.2 Å². The van der Waals surface area contributed by atoms with Crippen molar-refractivity contribution in [2.24, 2.45) is 5.92 Å². The van der Waals surface area contributed by atoms with Crippen molar-refractivity contribution < 1.29 is 18.0 Å². The molecule has 2 N–H and O–H groups in total. The molecule has 2 rings (SSSR count). The lowest BCUT2D eigenvalue weighted by molar-refractivity contribution is -0.138. The molecule has 126 valence electrons. The van der Waals surface area contributed by atoms with Crippen molar-refractivity contribution in [1.82, 2.24) is 10.6 Å². The molecular weight excluding hydrogens is 331 g/mol. The smallest absolute Gasteiger partial charge is 0.352 e. The Kier molecular flexibility index (Phi) is 6.85. The van der Waals surface area contributed by atoms with Crippen LogP contribution in [0.4, 0.5) is 13.2 Å². The van der Waals surface area contributed by atoms with Gasteiger partial charge in [-0.3, -0.25) is 4.79 Å². The number of carbonyl (C=O) groups is 1. The summed E-state index contributed by atoms with van der Waals surface area (Å²) in [5, 5.41) is 14.4. The van der Waals surface area contributed by atoms with E-state index in [1.54, 1.807) is 6.07 Å². The summed E-state index contributed by atoms with van der Waals surface area (Å²) >= 11 is 0. The van der Waals surface area contributed by atoms with Crippen molar-refractivity contribution in [2.75, 3.05) is 13.1 Å². The molecular formula is C15H17ClF3N3O. The van der Waals surface area contributed by atoms with Gasteiger partial charge in [0.1, 0.15) is 0 Å². The van der Waals surface area contributed by atoms with Gasteiger partial charge in [-0.25, -0.2) is 0 Å². The fraction of sp³-hybridized carbons (Fsp3) is 0.467. The number of piperidine rings is 1. The average molecular weight is 348 g/mol. The fourth-order valence-corrected chi connectivity index (χ4v) is 2.47. The maximum Gasteiger partial charge on any atom is 0.416 e. The minimum absolute atomic E-state index is 0. The third-order valence-electron chi connectivity index (χ3n) is 3.71. The molecule has 0 radical (unpaired) electrons. The molecule has 0 atom stereocenters. The lowest BCUT2D eigenvalue weighted by Gasteiger charge is -2.22. The van der Waals surface area contributed by atoms with E-state index in [2.05, 4.69) is 10.6 Å². The van der Waals surface area contributed by atoms with Gasteiger partial charge in [-0.05, 0) is 43.6 Å². The van der Waals surface area contributed by atoms with Crippen molar-refractivity contribution in [2.45, 2.75) is 25.6 Å². The van der Waals surface area contributed by atoms with E-state index < -0.39 is 11.7 Å². The van der Waals surface area contributed by atoms with Gasteiger partial charge in [0, 0.05) is 12.5 Å². The highest BCUT2D eigenvalue weighted by molar-refractivity contribution is 5.85. The molecule has 0 aromatic heterocycles. The van der Waals surface area contributed by atoms with Crippen molar-refractivity contribution in [3.63, 3.8) is 0 Å². The van der Waals surface area contributed by atoms with Crippen LogP contribution in [-0.4, -0.2) is 19.0 Å². The van der Waals surface area contributed by atoms with Crippen molar-refractivity contribution in [3.8, 4) is 6.07 Å². The topological polar surface area (TPSA) is 64.9 Å². The van der Waals surface area contributed by atoms with Crippen LogP contribution in [-0.2, 0) is 17.5 Å². The number of nitriles is 1. The molecule has 0 unspecified atom stereocenters. The maximum atomic E-state index is 13.0. The van der Waals surface area contributed by atoms with Crippen LogP contribution < -0.4 is 10.6 Å².